The maximum atomic E-state index is 11.7. The molecular weight excluding hydrogens is 236 g/mol. The summed E-state index contributed by atoms with van der Waals surface area (Å²) in [6.45, 7) is 6.52. The van der Waals surface area contributed by atoms with Crippen molar-refractivity contribution in [2.24, 2.45) is 0 Å². The molecule has 96 valence electrons. The molecule has 1 heterocycles. The lowest BCUT2D eigenvalue weighted by Crippen LogP contribution is -2.18. The molecule has 1 atom stereocenters. The van der Waals surface area contributed by atoms with Crippen LogP contribution in [0.4, 0.5) is 0 Å². The fourth-order valence-electron chi connectivity index (χ4n) is 1.35. The van der Waals surface area contributed by atoms with Gasteiger partial charge in [0.2, 0.25) is 0 Å². The van der Waals surface area contributed by atoms with Gasteiger partial charge in [0, 0.05) is 6.92 Å². The molecule has 18 heavy (non-hydrogen) atoms. The molecule has 0 radical (unpaired) electrons. The molecule has 0 amide bonds. The lowest BCUT2D eigenvalue weighted by Gasteiger charge is -2.15. The summed E-state index contributed by atoms with van der Waals surface area (Å²) >= 11 is 0. The first kappa shape index (κ1) is 13.8. The number of carbonyl (C=O) groups is 2. The third-order valence-electron chi connectivity index (χ3n) is 2.03. The highest BCUT2D eigenvalue weighted by atomic mass is 16.6. The second-order valence-electron chi connectivity index (χ2n) is 3.32. The van der Waals surface area contributed by atoms with Gasteiger partial charge in [0.1, 0.15) is 11.3 Å². The van der Waals surface area contributed by atoms with Gasteiger partial charge in [0.15, 0.2) is 6.10 Å². The number of furan rings is 1. The molecule has 0 bridgehead atoms. The molecule has 0 N–H and O–H groups in total. The molecular formula is C13H14O5. The molecule has 1 aromatic heterocycles. The molecule has 0 saturated heterocycles. The normalized spacial score (nSPS) is 11.2. The molecule has 1 rings (SSSR count). The van der Waals surface area contributed by atoms with Crippen LogP contribution < -0.4 is 0 Å². The van der Waals surface area contributed by atoms with Crippen molar-refractivity contribution in [3.63, 3.8) is 0 Å². The molecule has 1 unspecified atom stereocenters. The van der Waals surface area contributed by atoms with Crippen molar-refractivity contribution < 1.29 is 23.5 Å². The molecule has 5 heteroatoms. The number of hydrogen-bond donors (Lipinski definition) is 0. The number of carbonyl (C=O) groups excluding carboxylic acids is 2. The lowest BCUT2D eigenvalue weighted by atomic mass is 10.1. The zero-order valence-electron chi connectivity index (χ0n) is 10.3. The van der Waals surface area contributed by atoms with Gasteiger partial charge >= 0.3 is 11.9 Å². The first-order valence-electron chi connectivity index (χ1n) is 5.37. The summed E-state index contributed by atoms with van der Waals surface area (Å²) in [4.78, 5) is 22.8. The van der Waals surface area contributed by atoms with E-state index >= 15 is 0 Å². The van der Waals surface area contributed by atoms with E-state index in [1.807, 2.05) is 0 Å². The Bertz CT molecular complexity index is 466. The highest BCUT2D eigenvalue weighted by Gasteiger charge is 2.28. The Labute approximate surface area is 105 Å². The highest BCUT2D eigenvalue weighted by molar-refractivity contribution is 5.90. The van der Waals surface area contributed by atoms with Gasteiger partial charge in [-0.05, 0) is 19.1 Å². The van der Waals surface area contributed by atoms with Crippen molar-refractivity contribution in [2.75, 3.05) is 6.61 Å². The van der Waals surface area contributed by atoms with Gasteiger partial charge < -0.3 is 13.9 Å². The Balaban J connectivity index is 3.05. The molecule has 0 spiro atoms. The molecule has 0 aliphatic heterocycles. The lowest BCUT2D eigenvalue weighted by molar-refractivity contribution is -0.148. The standard InChI is InChI=1S/C13H14O5/c1-4-10(13(15)16-5-2)12(18-9(3)14)11-7-6-8-17-11/h6-8,12H,1,5H2,2-3H3. The molecule has 0 aromatic carbocycles. The number of esters is 2. The van der Waals surface area contributed by atoms with Gasteiger partial charge in [-0.15, -0.1) is 5.73 Å². The first-order chi connectivity index (χ1) is 8.60. The van der Waals surface area contributed by atoms with Crippen LogP contribution in [0.5, 0.6) is 0 Å². The maximum Gasteiger partial charge on any atom is 0.346 e. The van der Waals surface area contributed by atoms with Crippen molar-refractivity contribution in [1.29, 1.82) is 0 Å². The molecule has 1 aromatic rings. The van der Waals surface area contributed by atoms with Crippen molar-refractivity contribution in [3.8, 4) is 0 Å². The number of ether oxygens (including phenoxy) is 2. The molecule has 0 fully saturated rings. The Morgan fingerprint density at radius 3 is 2.72 bits per heavy atom. The minimum absolute atomic E-state index is 0.00185. The number of rotatable bonds is 5. The summed E-state index contributed by atoms with van der Waals surface area (Å²) < 4.78 is 15.0. The zero-order chi connectivity index (χ0) is 13.5. The van der Waals surface area contributed by atoms with Crippen LogP contribution in [0.3, 0.4) is 0 Å². The third kappa shape index (κ3) is 3.37. The van der Waals surface area contributed by atoms with E-state index in [0.717, 1.165) is 0 Å². The summed E-state index contributed by atoms with van der Waals surface area (Å²) in [7, 11) is 0. The van der Waals surface area contributed by atoms with Crippen LogP contribution in [0.15, 0.2) is 40.7 Å². The van der Waals surface area contributed by atoms with E-state index in [2.05, 4.69) is 12.3 Å². The van der Waals surface area contributed by atoms with Crippen molar-refractivity contribution in [1.82, 2.24) is 0 Å². The van der Waals surface area contributed by atoms with Crippen molar-refractivity contribution in [3.05, 3.63) is 42.0 Å². The maximum absolute atomic E-state index is 11.7. The SMILES string of the molecule is C=C=C(C(=O)OCC)C(OC(C)=O)c1ccco1. The minimum Gasteiger partial charge on any atom is -0.465 e. The van der Waals surface area contributed by atoms with Crippen LogP contribution in [0.1, 0.15) is 25.7 Å². The zero-order valence-corrected chi connectivity index (χ0v) is 10.3. The molecule has 5 nitrogen and oxygen atoms in total. The summed E-state index contributed by atoms with van der Waals surface area (Å²) in [6.07, 6.45) is 0.423. The quantitative estimate of drug-likeness (QED) is 0.455. The van der Waals surface area contributed by atoms with Gasteiger partial charge in [-0.2, -0.15) is 0 Å². The summed E-state index contributed by atoms with van der Waals surface area (Å²) in [5.74, 6) is -0.881. The van der Waals surface area contributed by atoms with Gasteiger partial charge in [0.25, 0.3) is 0 Å². The fraction of sp³-hybridized carbons (Fsp3) is 0.308. The van der Waals surface area contributed by atoms with Gasteiger partial charge in [-0.25, -0.2) is 4.79 Å². The van der Waals surface area contributed by atoms with E-state index in [0.29, 0.717) is 5.76 Å². The largest absolute Gasteiger partial charge is 0.465 e. The van der Waals surface area contributed by atoms with Gasteiger partial charge in [-0.1, -0.05) is 6.58 Å². The summed E-state index contributed by atoms with van der Waals surface area (Å²) in [6, 6.07) is 3.21. The van der Waals surface area contributed by atoms with Gasteiger partial charge in [0.05, 0.1) is 12.9 Å². The predicted molar refractivity (Wildman–Crippen MR) is 62.5 cm³/mol. The average Bonchev–Trinajstić information content (AvgIpc) is 2.81. The van der Waals surface area contributed by atoms with E-state index in [9.17, 15) is 9.59 Å². The average molecular weight is 250 g/mol. The van der Waals surface area contributed by atoms with Crippen LogP contribution in [-0.2, 0) is 19.1 Å². The van der Waals surface area contributed by atoms with E-state index < -0.39 is 18.0 Å². The Morgan fingerprint density at radius 1 is 1.56 bits per heavy atom. The fourth-order valence-corrected chi connectivity index (χ4v) is 1.35. The third-order valence-corrected chi connectivity index (χ3v) is 2.03. The smallest absolute Gasteiger partial charge is 0.346 e. The van der Waals surface area contributed by atoms with Crippen molar-refractivity contribution >= 4 is 11.9 Å². The summed E-state index contributed by atoms with van der Waals surface area (Å²) in [5, 5.41) is 0. The van der Waals surface area contributed by atoms with E-state index in [-0.39, 0.29) is 12.2 Å². The van der Waals surface area contributed by atoms with E-state index in [4.69, 9.17) is 13.9 Å². The topological polar surface area (TPSA) is 65.7 Å². The highest BCUT2D eigenvalue weighted by Crippen LogP contribution is 2.26. The van der Waals surface area contributed by atoms with Crippen LogP contribution in [0.2, 0.25) is 0 Å². The van der Waals surface area contributed by atoms with Crippen LogP contribution in [-0.4, -0.2) is 18.5 Å². The molecule has 0 saturated carbocycles. The van der Waals surface area contributed by atoms with Crippen LogP contribution in [0.25, 0.3) is 0 Å². The predicted octanol–water partition coefficient (Wildman–Crippen LogP) is 2.16. The number of hydrogen-bond acceptors (Lipinski definition) is 5. The molecule has 0 aliphatic rings. The van der Waals surface area contributed by atoms with E-state index in [1.54, 1.807) is 19.1 Å². The second kappa shape index (κ2) is 6.47. The van der Waals surface area contributed by atoms with Crippen molar-refractivity contribution in [2.45, 2.75) is 20.0 Å². The Hall–Kier alpha value is -2.26. The Morgan fingerprint density at radius 2 is 2.28 bits per heavy atom. The molecule has 0 aliphatic carbocycles. The Kier molecular flexibility index (Phi) is 4.96. The van der Waals surface area contributed by atoms with Gasteiger partial charge in [-0.3, -0.25) is 4.79 Å². The van der Waals surface area contributed by atoms with Crippen LogP contribution >= 0.6 is 0 Å². The minimum atomic E-state index is -0.992. The monoisotopic (exact) mass is 250 g/mol. The van der Waals surface area contributed by atoms with Crippen LogP contribution in [0, 0.1) is 0 Å². The van der Waals surface area contributed by atoms with E-state index in [1.165, 1.54) is 13.2 Å². The summed E-state index contributed by atoms with van der Waals surface area (Å²) in [5.41, 5.74) is 2.44. The second-order valence-corrected chi connectivity index (χ2v) is 3.32. The first-order valence-corrected chi connectivity index (χ1v) is 5.37.